The zero-order valence-corrected chi connectivity index (χ0v) is 11.4. The summed E-state index contributed by atoms with van der Waals surface area (Å²) >= 11 is 0. The molecule has 0 saturated carbocycles. The topological polar surface area (TPSA) is 60.9 Å². The lowest BCUT2D eigenvalue weighted by Crippen LogP contribution is -2.10. The van der Waals surface area contributed by atoms with Crippen LogP contribution in [0.15, 0.2) is 67.0 Å². The van der Waals surface area contributed by atoms with Gasteiger partial charge >= 0.3 is 0 Å². The van der Waals surface area contributed by atoms with Crippen LogP contribution in [0.2, 0.25) is 0 Å². The molecule has 0 unspecified atom stereocenters. The average Bonchev–Trinajstić information content (AvgIpc) is 2.97. The Hall–Kier alpha value is -2.88. The van der Waals surface area contributed by atoms with Gasteiger partial charge in [0.1, 0.15) is 0 Å². The maximum Gasteiger partial charge on any atom is 0.248 e. The number of nitrogens with zero attached hydrogens (tertiary/aromatic N) is 2. The highest BCUT2D eigenvalue weighted by Gasteiger charge is 2.03. The van der Waals surface area contributed by atoms with Crippen molar-refractivity contribution in [2.75, 3.05) is 0 Å². The van der Waals surface area contributed by atoms with E-state index in [4.69, 9.17) is 5.73 Å². The zero-order chi connectivity index (χ0) is 14.7. The molecular formula is C17H15N3O. The summed E-state index contributed by atoms with van der Waals surface area (Å²) < 4.78 is 1.88. The summed E-state index contributed by atoms with van der Waals surface area (Å²) in [6.07, 6.45) is 3.87. The Morgan fingerprint density at radius 1 is 1.00 bits per heavy atom. The SMILES string of the molecule is NC(=O)c1ccc(Cn2cc(-c3ccccc3)cn2)cc1. The minimum absolute atomic E-state index is 0.410. The summed E-state index contributed by atoms with van der Waals surface area (Å²) in [5.74, 6) is -0.410. The van der Waals surface area contributed by atoms with Gasteiger partial charge in [0.15, 0.2) is 0 Å². The first-order valence-electron chi connectivity index (χ1n) is 6.69. The lowest BCUT2D eigenvalue weighted by molar-refractivity contribution is 0.100. The molecule has 4 heteroatoms. The van der Waals surface area contributed by atoms with Gasteiger partial charge in [0, 0.05) is 17.3 Å². The lowest BCUT2D eigenvalue weighted by atomic mass is 10.1. The average molecular weight is 277 g/mol. The van der Waals surface area contributed by atoms with Gasteiger partial charge in [-0.3, -0.25) is 9.48 Å². The third kappa shape index (κ3) is 3.00. The van der Waals surface area contributed by atoms with Gasteiger partial charge in [-0.15, -0.1) is 0 Å². The van der Waals surface area contributed by atoms with Gasteiger partial charge in [0.2, 0.25) is 5.91 Å². The van der Waals surface area contributed by atoms with Crippen molar-refractivity contribution in [3.8, 4) is 11.1 Å². The van der Waals surface area contributed by atoms with Gasteiger partial charge in [0.25, 0.3) is 0 Å². The van der Waals surface area contributed by atoms with Crippen molar-refractivity contribution in [3.05, 3.63) is 78.1 Å². The first-order chi connectivity index (χ1) is 10.2. The van der Waals surface area contributed by atoms with E-state index in [1.807, 2.05) is 47.4 Å². The molecule has 0 aliphatic carbocycles. The molecular weight excluding hydrogens is 262 g/mol. The van der Waals surface area contributed by atoms with Gasteiger partial charge in [-0.2, -0.15) is 5.10 Å². The van der Waals surface area contributed by atoms with Crippen molar-refractivity contribution in [1.29, 1.82) is 0 Å². The molecule has 0 atom stereocenters. The molecule has 21 heavy (non-hydrogen) atoms. The fraction of sp³-hybridized carbons (Fsp3) is 0.0588. The standard InChI is InChI=1S/C17H15N3O/c18-17(21)15-8-6-13(7-9-15)11-20-12-16(10-19-20)14-4-2-1-3-5-14/h1-10,12H,11H2,(H2,18,21). The molecule has 4 nitrogen and oxygen atoms in total. The van der Waals surface area contributed by atoms with Crippen LogP contribution in [-0.2, 0) is 6.54 Å². The molecule has 0 saturated heterocycles. The van der Waals surface area contributed by atoms with E-state index in [-0.39, 0.29) is 0 Å². The maximum atomic E-state index is 11.0. The molecule has 1 aromatic heterocycles. The summed E-state index contributed by atoms with van der Waals surface area (Å²) in [5.41, 5.74) is 9.05. The fourth-order valence-electron chi connectivity index (χ4n) is 2.19. The third-order valence-electron chi connectivity index (χ3n) is 3.32. The van der Waals surface area contributed by atoms with E-state index in [9.17, 15) is 4.79 Å². The number of hydrogen-bond donors (Lipinski definition) is 1. The van der Waals surface area contributed by atoms with Crippen molar-refractivity contribution in [1.82, 2.24) is 9.78 Å². The second kappa shape index (κ2) is 5.63. The Kier molecular flexibility index (Phi) is 3.51. The van der Waals surface area contributed by atoms with Crippen LogP contribution in [0.3, 0.4) is 0 Å². The minimum Gasteiger partial charge on any atom is -0.366 e. The first kappa shape index (κ1) is 13.1. The van der Waals surface area contributed by atoms with E-state index >= 15 is 0 Å². The summed E-state index contributed by atoms with van der Waals surface area (Å²) in [4.78, 5) is 11.0. The number of hydrogen-bond acceptors (Lipinski definition) is 2. The highest BCUT2D eigenvalue weighted by Crippen LogP contribution is 2.18. The van der Waals surface area contributed by atoms with Gasteiger partial charge in [-0.05, 0) is 23.3 Å². The molecule has 1 amide bonds. The Bertz CT molecular complexity index is 745. The number of carbonyl (C=O) groups is 1. The number of nitrogens with two attached hydrogens (primary N) is 1. The van der Waals surface area contributed by atoms with Crippen molar-refractivity contribution in [3.63, 3.8) is 0 Å². The monoisotopic (exact) mass is 277 g/mol. The smallest absolute Gasteiger partial charge is 0.248 e. The van der Waals surface area contributed by atoms with Crippen molar-refractivity contribution < 1.29 is 4.79 Å². The summed E-state index contributed by atoms with van der Waals surface area (Å²) in [7, 11) is 0. The van der Waals surface area contributed by atoms with Crippen LogP contribution in [0.4, 0.5) is 0 Å². The summed E-state index contributed by atoms with van der Waals surface area (Å²) in [5, 5.41) is 4.37. The molecule has 2 aromatic carbocycles. The van der Waals surface area contributed by atoms with Crippen molar-refractivity contribution in [2.45, 2.75) is 6.54 Å². The number of amides is 1. The number of carbonyl (C=O) groups excluding carboxylic acids is 1. The predicted octanol–water partition coefficient (Wildman–Crippen LogP) is 2.70. The molecule has 0 aliphatic heterocycles. The maximum absolute atomic E-state index is 11.0. The number of benzene rings is 2. The molecule has 0 fully saturated rings. The summed E-state index contributed by atoms with van der Waals surface area (Å²) in [6, 6.07) is 17.4. The summed E-state index contributed by atoms with van der Waals surface area (Å²) in [6.45, 7) is 0.659. The van der Waals surface area contributed by atoms with Crippen LogP contribution in [0.25, 0.3) is 11.1 Å². The Labute approximate surface area is 122 Å². The fourth-order valence-corrected chi connectivity index (χ4v) is 2.19. The largest absolute Gasteiger partial charge is 0.366 e. The molecule has 104 valence electrons. The second-order valence-electron chi connectivity index (χ2n) is 4.85. The van der Waals surface area contributed by atoms with Crippen LogP contribution in [0, 0.1) is 0 Å². The quantitative estimate of drug-likeness (QED) is 0.797. The molecule has 0 spiro atoms. The predicted molar refractivity (Wildman–Crippen MR) is 81.7 cm³/mol. The van der Waals surface area contributed by atoms with Crippen LogP contribution in [0.5, 0.6) is 0 Å². The second-order valence-corrected chi connectivity index (χ2v) is 4.85. The van der Waals surface area contributed by atoms with Gasteiger partial charge in [0.05, 0.1) is 12.7 Å². The van der Waals surface area contributed by atoms with E-state index in [2.05, 4.69) is 17.2 Å². The highest BCUT2D eigenvalue weighted by atomic mass is 16.1. The molecule has 1 heterocycles. The van der Waals surface area contributed by atoms with E-state index in [1.54, 1.807) is 12.1 Å². The Morgan fingerprint density at radius 3 is 2.38 bits per heavy atom. The van der Waals surface area contributed by atoms with E-state index in [1.165, 1.54) is 0 Å². The van der Waals surface area contributed by atoms with Gasteiger partial charge < -0.3 is 5.73 Å². The molecule has 0 bridgehead atoms. The van der Waals surface area contributed by atoms with E-state index < -0.39 is 5.91 Å². The first-order valence-corrected chi connectivity index (χ1v) is 6.69. The minimum atomic E-state index is -0.410. The molecule has 3 rings (SSSR count). The number of aromatic nitrogens is 2. The van der Waals surface area contributed by atoms with Crippen LogP contribution >= 0.6 is 0 Å². The normalized spacial score (nSPS) is 10.5. The van der Waals surface area contributed by atoms with Gasteiger partial charge in [-0.25, -0.2) is 0 Å². The van der Waals surface area contributed by atoms with Crippen molar-refractivity contribution >= 4 is 5.91 Å². The molecule has 0 radical (unpaired) electrons. The lowest BCUT2D eigenvalue weighted by Gasteiger charge is -2.03. The third-order valence-corrected chi connectivity index (χ3v) is 3.32. The molecule has 2 N–H and O–H groups in total. The highest BCUT2D eigenvalue weighted by molar-refractivity contribution is 5.92. The van der Waals surface area contributed by atoms with Gasteiger partial charge in [-0.1, -0.05) is 42.5 Å². The van der Waals surface area contributed by atoms with Crippen LogP contribution < -0.4 is 5.73 Å². The number of rotatable bonds is 4. The Morgan fingerprint density at radius 2 is 1.71 bits per heavy atom. The Balaban J connectivity index is 1.77. The zero-order valence-electron chi connectivity index (χ0n) is 11.4. The molecule has 3 aromatic rings. The van der Waals surface area contributed by atoms with Crippen LogP contribution in [-0.4, -0.2) is 15.7 Å². The number of primary amides is 1. The van der Waals surface area contributed by atoms with Crippen LogP contribution in [0.1, 0.15) is 15.9 Å². The molecule has 0 aliphatic rings. The van der Waals surface area contributed by atoms with Crippen molar-refractivity contribution in [2.24, 2.45) is 5.73 Å². The van der Waals surface area contributed by atoms with E-state index in [0.717, 1.165) is 16.7 Å². The van der Waals surface area contributed by atoms with E-state index in [0.29, 0.717) is 12.1 Å².